The summed E-state index contributed by atoms with van der Waals surface area (Å²) in [5.41, 5.74) is 4.14. The molecule has 140 valence electrons. The second-order valence-corrected chi connectivity index (χ2v) is 6.30. The van der Waals surface area contributed by atoms with Gasteiger partial charge in [-0.3, -0.25) is 9.59 Å². The number of hydrogen-bond donors (Lipinski definition) is 1. The molecule has 0 unspecified atom stereocenters. The van der Waals surface area contributed by atoms with E-state index in [-0.39, 0.29) is 16.1 Å². The van der Waals surface area contributed by atoms with E-state index in [9.17, 15) is 14.4 Å². The van der Waals surface area contributed by atoms with Gasteiger partial charge in [0.1, 0.15) is 12.0 Å². The van der Waals surface area contributed by atoms with Gasteiger partial charge in [0.2, 0.25) is 16.8 Å². The minimum atomic E-state index is -0.489. The van der Waals surface area contributed by atoms with Crippen LogP contribution in [0, 0.1) is 0 Å². The molecule has 1 heterocycles. The van der Waals surface area contributed by atoms with Crippen molar-refractivity contribution in [3.05, 3.63) is 67.8 Å². The molecule has 0 saturated heterocycles. The Balaban J connectivity index is 1.82. The summed E-state index contributed by atoms with van der Waals surface area (Å²) < 4.78 is 6.93. The largest absolute Gasteiger partial charge is 0.496 e. The van der Waals surface area contributed by atoms with Gasteiger partial charge in [0, 0.05) is 18.9 Å². The van der Waals surface area contributed by atoms with Crippen molar-refractivity contribution in [1.29, 1.82) is 0 Å². The summed E-state index contributed by atoms with van der Waals surface area (Å²) in [7, 11) is 3.22. The summed E-state index contributed by atoms with van der Waals surface area (Å²) in [6.45, 7) is 0. The number of nitrogens with one attached hydrogen (secondary N) is 1. The van der Waals surface area contributed by atoms with Crippen LogP contribution >= 0.6 is 0 Å². The Hall–Kier alpha value is -3.81. The lowest BCUT2D eigenvalue weighted by molar-refractivity contribution is -0.107. The van der Waals surface area contributed by atoms with Crippen molar-refractivity contribution in [2.45, 2.75) is 6.42 Å². The van der Waals surface area contributed by atoms with Crippen LogP contribution in [0.15, 0.2) is 51.1 Å². The topological polar surface area (TPSA) is 103 Å². The number of rotatable bonds is 5. The number of aldehydes is 1. The molecule has 0 saturated carbocycles. The van der Waals surface area contributed by atoms with Gasteiger partial charge >= 0.3 is 0 Å². The fourth-order valence-corrected chi connectivity index (χ4v) is 3.24. The highest BCUT2D eigenvalue weighted by molar-refractivity contribution is 5.89. The monoisotopic (exact) mass is 376 g/mol. The standard InChI is InChI=1S/C20H16N4O4/c1-24-14-10-11(8-9-25)6-7-13(14)21-20(24)23-22-17-18(26)12-4-3-5-15(28-2)16(12)19(17)27/h3-7,9-10H,8H2,1-2H3,(H,21,23). The van der Waals surface area contributed by atoms with E-state index < -0.39 is 10.9 Å². The third-order valence-corrected chi connectivity index (χ3v) is 4.68. The van der Waals surface area contributed by atoms with E-state index in [2.05, 4.69) is 15.5 Å². The minimum absolute atomic E-state index is 0.215. The summed E-state index contributed by atoms with van der Waals surface area (Å²) in [6.07, 6.45) is 1.15. The number of aromatic nitrogens is 2. The summed E-state index contributed by atoms with van der Waals surface area (Å²) in [4.78, 5) is 40.4. The molecule has 0 aliphatic rings. The lowest BCUT2D eigenvalue weighted by Crippen LogP contribution is -2.32. The molecule has 0 atom stereocenters. The van der Waals surface area contributed by atoms with Crippen molar-refractivity contribution in [2.75, 3.05) is 12.5 Å². The van der Waals surface area contributed by atoms with Crippen LogP contribution in [0.5, 0.6) is 5.75 Å². The molecular formula is C20H16N4O4. The number of aryl methyl sites for hydroxylation is 1. The van der Waals surface area contributed by atoms with Crippen LogP contribution < -0.4 is 26.4 Å². The summed E-state index contributed by atoms with van der Waals surface area (Å²) in [6, 6.07) is 10.3. The average Bonchev–Trinajstić information content (AvgIpc) is 3.15. The maximum atomic E-state index is 12.6. The summed E-state index contributed by atoms with van der Waals surface area (Å²) in [5, 5.41) is 4.31. The first-order valence-electron chi connectivity index (χ1n) is 8.54. The van der Waals surface area contributed by atoms with Crippen LogP contribution in [0.3, 0.4) is 0 Å². The van der Waals surface area contributed by atoms with E-state index in [0.29, 0.717) is 23.6 Å². The summed E-state index contributed by atoms with van der Waals surface area (Å²) >= 11 is 0. The molecular weight excluding hydrogens is 360 g/mol. The fraction of sp³-hybridized carbons (Fsp3) is 0.150. The Morgan fingerprint density at radius 3 is 2.79 bits per heavy atom. The zero-order valence-electron chi connectivity index (χ0n) is 15.2. The zero-order valence-corrected chi connectivity index (χ0v) is 15.2. The third kappa shape index (κ3) is 2.66. The lowest BCUT2D eigenvalue weighted by Gasteiger charge is -2.01. The molecule has 3 aromatic carbocycles. The number of carbonyl (C=O) groups excluding carboxylic acids is 1. The van der Waals surface area contributed by atoms with Crippen molar-refractivity contribution in [2.24, 2.45) is 12.1 Å². The Morgan fingerprint density at radius 1 is 1.21 bits per heavy atom. The molecule has 4 aromatic rings. The first-order valence-corrected chi connectivity index (χ1v) is 8.54. The molecule has 0 fully saturated rings. The number of fused-ring (bicyclic) bond motifs is 2. The van der Waals surface area contributed by atoms with Crippen LogP contribution in [0.4, 0.5) is 5.95 Å². The molecule has 0 aliphatic heterocycles. The van der Waals surface area contributed by atoms with Gasteiger partial charge in [0.05, 0.1) is 23.5 Å². The lowest BCUT2D eigenvalue weighted by atomic mass is 10.1. The number of benzene rings is 2. The van der Waals surface area contributed by atoms with Crippen LogP contribution in [-0.4, -0.2) is 22.9 Å². The molecule has 0 aliphatic carbocycles. The van der Waals surface area contributed by atoms with Gasteiger partial charge in [-0.05, 0) is 29.8 Å². The Kier molecular flexibility index (Phi) is 4.23. The van der Waals surface area contributed by atoms with Crippen LogP contribution in [0.25, 0.3) is 21.8 Å². The predicted molar refractivity (Wildman–Crippen MR) is 105 cm³/mol. The second-order valence-electron chi connectivity index (χ2n) is 6.30. The van der Waals surface area contributed by atoms with Crippen LogP contribution in [0.2, 0.25) is 0 Å². The molecule has 28 heavy (non-hydrogen) atoms. The van der Waals surface area contributed by atoms with Crippen molar-refractivity contribution in [3.63, 3.8) is 0 Å². The second kappa shape index (κ2) is 6.73. The summed E-state index contributed by atoms with van der Waals surface area (Å²) in [5.74, 6) is 0.709. The minimum Gasteiger partial charge on any atom is -0.496 e. The van der Waals surface area contributed by atoms with Crippen molar-refractivity contribution in [3.8, 4) is 5.75 Å². The maximum Gasteiger partial charge on any atom is 0.224 e. The third-order valence-electron chi connectivity index (χ3n) is 4.68. The van der Waals surface area contributed by atoms with Gasteiger partial charge in [-0.25, -0.2) is 10.4 Å². The quantitative estimate of drug-likeness (QED) is 0.412. The van der Waals surface area contributed by atoms with Gasteiger partial charge in [-0.15, -0.1) is 0 Å². The highest BCUT2D eigenvalue weighted by atomic mass is 16.5. The first kappa shape index (κ1) is 17.6. The predicted octanol–water partition coefficient (Wildman–Crippen LogP) is 1.00. The molecule has 0 bridgehead atoms. The Bertz CT molecular complexity index is 1380. The number of ether oxygens (including phenoxy) is 1. The van der Waals surface area contributed by atoms with E-state index in [4.69, 9.17) is 4.74 Å². The number of imidazole rings is 1. The van der Waals surface area contributed by atoms with E-state index in [0.717, 1.165) is 17.4 Å². The molecule has 1 aromatic heterocycles. The fourth-order valence-electron chi connectivity index (χ4n) is 3.24. The van der Waals surface area contributed by atoms with E-state index in [1.165, 1.54) is 7.11 Å². The number of hydrogen-bond acceptors (Lipinski definition) is 7. The van der Waals surface area contributed by atoms with E-state index in [1.807, 2.05) is 12.1 Å². The highest BCUT2D eigenvalue weighted by Crippen LogP contribution is 2.20. The molecule has 1 N–H and O–H groups in total. The number of nitrogens with zero attached hydrogens (tertiary/aromatic N) is 3. The van der Waals surface area contributed by atoms with Gasteiger partial charge in [0.15, 0.2) is 5.36 Å². The van der Waals surface area contributed by atoms with E-state index in [1.54, 1.807) is 35.9 Å². The van der Waals surface area contributed by atoms with Crippen molar-refractivity contribution < 1.29 is 9.53 Å². The number of methoxy groups -OCH3 is 1. The van der Waals surface area contributed by atoms with Crippen LogP contribution in [-0.2, 0) is 18.3 Å². The SMILES string of the molecule is COc1cccc2c(=O)c(=NNc3nc4ccc(CC=O)cc4n3C)c(=O)c12. The molecule has 0 radical (unpaired) electrons. The number of carbonyl (C=O) groups is 1. The van der Waals surface area contributed by atoms with Crippen molar-refractivity contribution >= 4 is 34.0 Å². The zero-order chi connectivity index (χ0) is 19.8. The molecule has 0 amide bonds. The maximum absolute atomic E-state index is 12.6. The first-order chi connectivity index (χ1) is 13.5. The van der Waals surface area contributed by atoms with Gasteiger partial charge in [-0.1, -0.05) is 12.1 Å². The van der Waals surface area contributed by atoms with Gasteiger partial charge in [-0.2, -0.15) is 5.10 Å². The smallest absolute Gasteiger partial charge is 0.224 e. The highest BCUT2D eigenvalue weighted by Gasteiger charge is 2.15. The average molecular weight is 376 g/mol. The molecule has 4 rings (SSSR count). The van der Waals surface area contributed by atoms with Crippen LogP contribution in [0.1, 0.15) is 5.56 Å². The number of anilines is 1. The van der Waals surface area contributed by atoms with E-state index >= 15 is 0 Å². The Morgan fingerprint density at radius 2 is 2.04 bits per heavy atom. The van der Waals surface area contributed by atoms with Gasteiger partial charge < -0.3 is 14.1 Å². The molecule has 8 heteroatoms. The molecule has 8 nitrogen and oxygen atoms in total. The normalized spacial score (nSPS) is 12.0. The van der Waals surface area contributed by atoms with Gasteiger partial charge in [0.25, 0.3) is 0 Å². The van der Waals surface area contributed by atoms with Crippen molar-refractivity contribution in [1.82, 2.24) is 9.55 Å². The Labute approximate surface area is 158 Å². The molecule has 0 spiro atoms.